The Hall–Kier alpha value is -0.570. The molecule has 1 amide bonds. The molecule has 0 aromatic carbocycles. The summed E-state index contributed by atoms with van der Waals surface area (Å²) in [5.74, 6) is 0.630. The summed E-state index contributed by atoms with van der Waals surface area (Å²) in [6.45, 7) is 2.26. The van der Waals surface area contributed by atoms with Gasteiger partial charge in [0.1, 0.15) is 0 Å². The number of amides is 1. The zero-order chi connectivity index (χ0) is 9.80. The first-order valence-corrected chi connectivity index (χ1v) is 5.98. The Balaban J connectivity index is 1.75. The molecule has 1 aliphatic heterocycles. The normalized spacial score (nSPS) is 25.1. The fraction of sp³-hybridized carbons (Fsp3) is 0.909. The van der Waals surface area contributed by atoms with Crippen molar-refractivity contribution in [2.45, 2.75) is 44.6 Å². The van der Waals surface area contributed by atoms with Gasteiger partial charge in [0.15, 0.2) is 0 Å². The molecule has 1 heterocycles. The summed E-state index contributed by atoms with van der Waals surface area (Å²) < 4.78 is 0. The molecule has 2 fully saturated rings. The van der Waals surface area contributed by atoms with E-state index in [0.717, 1.165) is 25.9 Å². The summed E-state index contributed by atoms with van der Waals surface area (Å²) >= 11 is 0. The molecule has 0 unspecified atom stereocenters. The standard InChI is InChI=1S/C11H20N2O/c14-11(9-5-7-12-8-6-9)13-10-3-1-2-4-10/h9-10,12H,1-8H2,(H,13,14)/p+1. The highest BCUT2D eigenvalue weighted by Crippen LogP contribution is 2.19. The van der Waals surface area contributed by atoms with Gasteiger partial charge in [-0.05, 0) is 12.8 Å². The summed E-state index contributed by atoms with van der Waals surface area (Å²) in [5, 5.41) is 5.50. The van der Waals surface area contributed by atoms with Gasteiger partial charge in [-0.1, -0.05) is 12.8 Å². The molecule has 1 aliphatic carbocycles. The Morgan fingerprint density at radius 2 is 1.71 bits per heavy atom. The summed E-state index contributed by atoms with van der Waals surface area (Å²) in [4.78, 5) is 11.8. The van der Waals surface area contributed by atoms with E-state index in [1.54, 1.807) is 0 Å². The third-order valence-electron chi connectivity index (χ3n) is 3.51. The minimum atomic E-state index is 0.306. The van der Waals surface area contributed by atoms with Crippen molar-refractivity contribution in [3.63, 3.8) is 0 Å². The van der Waals surface area contributed by atoms with Crippen LogP contribution in [-0.2, 0) is 4.79 Å². The first kappa shape index (κ1) is 9.97. The number of nitrogens with one attached hydrogen (secondary N) is 1. The number of rotatable bonds is 2. The van der Waals surface area contributed by atoms with Crippen LogP contribution in [0.25, 0.3) is 0 Å². The lowest BCUT2D eigenvalue weighted by molar-refractivity contribution is -0.664. The van der Waals surface area contributed by atoms with Crippen LogP contribution < -0.4 is 10.6 Å². The molecule has 80 valence electrons. The summed E-state index contributed by atoms with van der Waals surface area (Å²) in [5.41, 5.74) is 0. The van der Waals surface area contributed by atoms with E-state index in [0.29, 0.717) is 17.9 Å². The largest absolute Gasteiger partial charge is 0.353 e. The zero-order valence-corrected chi connectivity index (χ0v) is 8.80. The number of piperidine rings is 1. The number of hydrogen-bond acceptors (Lipinski definition) is 1. The molecule has 0 atom stereocenters. The first-order chi connectivity index (χ1) is 6.86. The SMILES string of the molecule is O=C(NC1CCCC1)C1CC[NH2+]CC1. The van der Waals surface area contributed by atoms with E-state index >= 15 is 0 Å². The first-order valence-electron chi connectivity index (χ1n) is 5.98. The highest BCUT2D eigenvalue weighted by molar-refractivity contribution is 5.79. The van der Waals surface area contributed by atoms with Crippen molar-refractivity contribution in [3.05, 3.63) is 0 Å². The average Bonchev–Trinajstić information content (AvgIpc) is 2.72. The van der Waals surface area contributed by atoms with Gasteiger partial charge in [0.25, 0.3) is 0 Å². The van der Waals surface area contributed by atoms with Crippen molar-refractivity contribution in [2.75, 3.05) is 13.1 Å². The van der Waals surface area contributed by atoms with Crippen molar-refractivity contribution < 1.29 is 10.1 Å². The third-order valence-corrected chi connectivity index (χ3v) is 3.51. The monoisotopic (exact) mass is 197 g/mol. The topological polar surface area (TPSA) is 45.7 Å². The fourth-order valence-corrected chi connectivity index (χ4v) is 2.58. The highest BCUT2D eigenvalue weighted by atomic mass is 16.1. The van der Waals surface area contributed by atoms with Crippen LogP contribution in [0.5, 0.6) is 0 Å². The zero-order valence-electron chi connectivity index (χ0n) is 8.80. The smallest absolute Gasteiger partial charge is 0.223 e. The molecule has 0 spiro atoms. The highest BCUT2D eigenvalue weighted by Gasteiger charge is 2.25. The predicted octanol–water partition coefficient (Wildman–Crippen LogP) is 0.0186. The molecular formula is C11H21N2O+. The molecule has 0 aromatic rings. The number of carbonyl (C=O) groups is 1. The second-order valence-corrected chi connectivity index (χ2v) is 4.63. The molecular weight excluding hydrogens is 176 g/mol. The molecule has 1 saturated heterocycles. The fourth-order valence-electron chi connectivity index (χ4n) is 2.58. The lowest BCUT2D eigenvalue weighted by Crippen LogP contribution is -2.86. The van der Waals surface area contributed by atoms with Crippen LogP contribution in [0.1, 0.15) is 38.5 Å². The van der Waals surface area contributed by atoms with Gasteiger partial charge < -0.3 is 10.6 Å². The van der Waals surface area contributed by atoms with Gasteiger partial charge in [-0.2, -0.15) is 0 Å². The Bertz CT molecular complexity index is 193. The molecule has 2 rings (SSSR count). The van der Waals surface area contributed by atoms with E-state index in [2.05, 4.69) is 10.6 Å². The van der Waals surface area contributed by atoms with E-state index in [9.17, 15) is 4.79 Å². The van der Waals surface area contributed by atoms with Crippen LogP contribution in [0.15, 0.2) is 0 Å². The van der Waals surface area contributed by atoms with Gasteiger partial charge in [0.05, 0.1) is 13.1 Å². The summed E-state index contributed by atoms with van der Waals surface area (Å²) in [6.07, 6.45) is 7.12. The molecule has 2 aliphatic rings. The second-order valence-electron chi connectivity index (χ2n) is 4.63. The molecule has 1 saturated carbocycles. The molecule has 3 nitrogen and oxygen atoms in total. The van der Waals surface area contributed by atoms with Crippen molar-refractivity contribution in [3.8, 4) is 0 Å². The van der Waals surface area contributed by atoms with Gasteiger partial charge in [-0.15, -0.1) is 0 Å². The van der Waals surface area contributed by atoms with Crippen LogP contribution >= 0.6 is 0 Å². The molecule has 3 N–H and O–H groups in total. The molecule has 3 heteroatoms. The predicted molar refractivity (Wildman–Crippen MR) is 54.8 cm³/mol. The molecule has 0 bridgehead atoms. The summed E-state index contributed by atoms with van der Waals surface area (Å²) in [7, 11) is 0. The van der Waals surface area contributed by atoms with Crippen LogP contribution in [0.4, 0.5) is 0 Å². The number of quaternary nitrogens is 1. The quantitative estimate of drug-likeness (QED) is 0.644. The van der Waals surface area contributed by atoms with E-state index < -0.39 is 0 Å². The Morgan fingerprint density at radius 3 is 2.36 bits per heavy atom. The van der Waals surface area contributed by atoms with Crippen molar-refractivity contribution in [1.82, 2.24) is 5.32 Å². The van der Waals surface area contributed by atoms with Gasteiger partial charge in [-0.3, -0.25) is 4.79 Å². The minimum absolute atomic E-state index is 0.306. The van der Waals surface area contributed by atoms with Crippen LogP contribution in [0.2, 0.25) is 0 Å². The lowest BCUT2D eigenvalue weighted by atomic mass is 9.97. The van der Waals surface area contributed by atoms with Gasteiger partial charge >= 0.3 is 0 Å². The van der Waals surface area contributed by atoms with Gasteiger partial charge in [0.2, 0.25) is 5.91 Å². The number of carbonyl (C=O) groups excluding carboxylic acids is 1. The maximum absolute atomic E-state index is 11.8. The minimum Gasteiger partial charge on any atom is -0.353 e. The van der Waals surface area contributed by atoms with Crippen LogP contribution in [-0.4, -0.2) is 25.0 Å². The summed E-state index contributed by atoms with van der Waals surface area (Å²) in [6, 6.07) is 0.494. The van der Waals surface area contributed by atoms with E-state index in [4.69, 9.17) is 0 Å². The maximum atomic E-state index is 11.8. The van der Waals surface area contributed by atoms with Crippen molar-refractivity contribution >= 4 is 5.91 Å². The van der Waals surface area contributed by atoms with Crippen molar-refractivity contribution in [2.24, 2.45) is 5.92 Å². The number of nitrogens with two attached hydrogens (primary N) is 1. The Morgan fingerprint density at radius 1 is 1.07 bits per heavy atom. The van der Waals surface area contributed by atoms with Crippen LogP contribution in [0.3, 0.4) is 0 Å². The Labute approximate surface area is 85.6 Å². The van der Waals surface area contributed by atoms with Gasteiger partial charge in [0, 0.05) is 24.8 Å². The van der Waals surface area contributed by atoms with E-state index in [1.807, 2.05) is 0 Å². The Kier molecular flexibility index (Phi) is 3.40. The number of hydrogen-bond donors (Lipinski definition) is 2. The molecule has 0 aromatic heterocycles. The average molecular weight is 197 g/mol. The molecule has 14 heavy (non-hydrogen) atoms. The third kappa shape index (κ3) is 2.47. The van der Waals surface area contributed by atoms with E-state index in [1.165, 1.54) is 25.7 Å². The molecule has 0 radical (unpaired) electrons. The van der Waals surface area contributed by atoms with Crippen LogP contribution in [0, 0.1) is 5.92 Å². The van der Waals surface area contributed by atoms with Crippen molar-refractivity contribution in [1.29, 1.82) is 0 Å². The van der Waals surface area contributed by atoms with Gasteiger partial charge in [-0.25, -0.2) is 0 Å². The maximum Gasteiger partial charge on any atom is 0.223 e. The lowest BCUT2D eigenvalue weighted by Gasteiger charge is -2.21. The van der Waals surface area contributed by atoms with E-state index in [-0.39, 0.29) is 0 Å². The second kappa shape index (κ2) is 4.78.